The van der Waals surface area contributed by atoms with Gasteiger partial charge in [0.05, 0.1) is 11.6 Å². The van der Waals surface area contributed by atoms with E-state index in [1.807, 2.05) is 24.3 Å². The molecule has 100 valence electrons. The molecule has 0 aromatic heterocycles. The monoisotopic (exact) mass is 262 g/mol. The molecule has 1 aliphatic rings. The summed E-state index contributed by atoms with van der Waals surface area (Å²) < 4.78 is 0. The van der Waals surface area contributed by atoms with Crippen LogP contribution in [0.25, 0.3) is 0 Å². The molecule has 2 heteroatoms. The van der Waals surface area contributed by atoms with Gasteiger partial charge in [0.25, 0.3) is 0 Å². The largest absolute Gasteiger partial charge is 0.345 e. The molecule has 0 N–H and O–H groups in total. The molecule has 0 saturated heterocycles. The van der Waals surface area contributed by atoms with E-state index in [0.29, 0.717) is 5.56 Å². The van der Waals surface area contributed by atoms with E-state index in [2.05, 4.69) is 36.2 Å². The highest BCUT2D eigenvalue weighted by Crippen LogP contribution is 2.29. The van der Waals surface area contributed by atoms with Crippen LogP contribution in [0.15, 0.2) is 42.5 Å². The van der Waals surface area contributed by atoms with Crippen LogP contribution in [0, 0.1) is 11.3 Å². The lowest BCUT2D eigenvalue weighted by Gasteiger charge is -2.23. The first-order valence-corrected chi connectivity index (χ1v) is 7.13. The van der Waals surface area contributed by atoms with Crippen molar-refractivity contribution >= 4 is 11.4 Å². The van der Waals surface area contributed by atoms with Crippen LogP contribution in [0.4, 0.5) is 11.4 Å². The summed E-state index contributed by atoms with van der Waals surface area (Å²) in [6, 6.07) is 16.7. The molecular weight excluding hydrogens is 244 g/mol. The topological polar surface area (TPSA) is 27.0 Å². The Morgan fingerprint density at radius 2 is 1.70 bits per heavy atom. The third-order valence-corrected chi connectivity index (χ3v) is 4.08. The fraction of sp³-hybridized carbons (Fsp3) is 0.278. The van der Waals surface area contributed by atoms with Crippen LogP contribution in [0.3, 0.4) is 0 Å². The molecule has 0 fully saturated rings. The fourth-order valence-electron chi connectivity index (χ4n) is 2.86. The summed E-state index contributed by atoms with van der Waals surface area (Å²) in [6.45, 7) is 0. The minimum absolute atomic E-state index is 0.701. The van der Waals surface area contributed by atoms with Crippen LogP contribution in [-0.2, 0) is 12.8 Å². The number of rotatable bonds is 2. The average Bonchev–Trinajstić information content (AvgIpc) is 2.53. The van der Waals surface area contributed by atoms with Gasteiger partial charge in [0.2, 0.25) is 0 Å². The zero-order valence-electron chi connectivity index (χ0n) is 11.8. The zero-order valence-corrected chi connectivity index (χ0v) is 11.8. The summed E-state index contributed by atoms with van der Waals surface area (Å²) >= 11 is 0. The van der Waals surface area contributed by atoms with E-state index in [1.54, 1.807) is 0 Å². The first kappa shape index (κ1) is 12.7. The molecule has 1 aliphatic carbocycles. The molecule has 0 radical (unpaired) electrons. The average molecular weight is 262 g/mol. The van der Waals surface area contributed by atoms with E-state index in [9.17, 15) is 0 Å². The maximum atomic E-state index is 9.00. The number of nitrogens with zero attached hydrogens (tertiary/aromatic N) is 2. The van der Waals surface area contributed by atoms with Crippen molar-refractivity contribution < 1.29 is 0 Å². The van der Waals surface area contributed by atoms with Crippen molar-refractivity contribution in [3.8, 4) is 6.07 Å². The number of hydrogen-bond acceptors (Lipinski definition) is 2. The Morgan fingerprint density at radius 1 is 0.950 bits per heavy atom. The minimum atomic E-state index is 0.701. The molecule has 20 heavy (non-hydrogen) atoms. The Morgan fingerprint density at radius 3 is 2.50 bits per heavy atom. The molecule has 0 unspecified atom stereocenters. The Labute approximate surface area is 120 Å². The number of anilines is 2. The summed E-state index contributed by atoms with van der Waals surface area (Å²) in [7, 11) is 2.06. The Hall–Kier alpha value is -2.27. The fourth-order valence-corrected chi connectivity index (χ4v) is 2.86. The summed E-state index contributed by atoms with van der Waals surface area (Å²) in [5, 5.41) is 9.00. The number of nitriles is 1. The van der Waals surface area contributed by atoms with Crippen LogP contribution in [0.2, 0.25) is 0 Å². The standard InChI is InChI=1S/C18H18N2/c1-20(17-8-4-5-14(11-17)13-19)18-10-9-15-6-2-3-7-16(15)12-18/h4-5,8-12H,2-3,6-7H2,1H3. The molecule has 0 amide bonds. The van der Waals surface area contributed by atoms with E-state index in [1.165, 1.54) is 42.5 Å². The van der Waals surface area contributed by atoms with Crippen molar-refractivity contribution in [2.24, 2.45) is 0 Å². The molecule has 3 rings (SSSR count). The van der Waals surface area contributed by atoms with Gasteiger partial charge in [-0.05, 0) is 67.1 Å². The van der Waals surface area contributed by atoms with E-state index < -0.39 is 0 Å². The Kier molecular flexibility index (Phi) is 3.43. The summed E-state index contributed by atoms with van der Waals surface area (Å²) in [4.78, 5) is 2.15. The molecule has 2 aromatic rings. The molecule has 0 heterocycles. The lowest BCUT2D eigenvalue weighted by atomic mass is 9.91. The highest BCUT2D eigenvalue weighted by Gasteiger charge is 2.12. The number of fused-ring (bicyclic) bond motifs is 1. The Bertz CT molecular complexity index is 667. The molecule has 2 nitrogen and oxygen atoms in total. The first-order chi connectivity index (χ1) is 9.78. The lowest BCUT2D eigenvalue weighted by Crippen LogP contribution is -2.11. The SMILES string of the molecule is CN(c1cccc(C#N)c1)c1ccc2c(c1)CCCC2. The van der Waals surface area contributed by atoms with Gasteiger partial charge in [0.15, 0.2) is 0 Å². The number of benzene rings is 2. The smallest absolute Gasteiger partial charge is 0.0992 e. The predicted molar refractivity (Wildman–Crippen MR) is 82.3 cm³/mol. The lowest BCUT2D eigenvalue weighted by molar-refractivity contribution is 0.685. The molecule has 0 saturated carbocycles. The summed E-state index contributed by atoms with van der Waals surface area (Å²) in [6.07, 6.45) is 5.01. The normalized spacial score (nSPS) is 13.4. The van der Waals surface area contributed by atoms with Gasteiger partial charge in [-0.25, -0.2) is 0 Å². The molecule has 2 aromatic carbocycles. The van der Waals surface area contributed by atoms with E-state index in [0.717, 1.165) is 5.69 Å². The van der Waals surface area contributed by atoms with Gasteiger partial charge >= 0.3 is 0 Å². The quantitative estimate of drug-likeness (QED) is 0.810. The second-order valence-electron chi connectivity index (χ2n) is 5.38. The summed E-state index contributed by atoms with van der Waals surface area (Å²) in [5.41, 5.74) is 5.93. The van der Waals surface area contributed by atoms with Gasteiger partial charge in [0.1, 0.15) is 0 Å². The van der Waals surface area contributed by atoms with Crippen molar-refractivity contribution in [3.05, 3.63) is 59.2 Å². The maximum absolute atomic E-state index is 9.00. The Balaban J connectivity index is 1.93. The van der Waals surface area contributed by atoms with Gasteiger partial charge in [-0.1, -0.05) is 12.1 Å². The first-order valence-electron chi connectivity index (χ1n) is 7.13. The molecule has 0 spiro atoms. The second kappa shape index (κ2) is 5.38. The molecular formula is C18H18N2. The van der Waals surface area contributed by atoms with Crippen LogP contribution in [-0.4, -0.2) is 7.05 Å². The van der Waals surface area contributed by atoms with Crippen LogP contribution in [0.5, 0.6) is 0 Å². The van der Waals surface area contributed by atoms with Gasteiger partial charge in [-0.3, -0.25) is 0 Å². The van der Waals surface area contributed by atoms with Crippen molar-refractivity contribution in [1.82, 2.24) is 0 Å². The van der Waals surface area contributed by atoms with Gasteiger partial charge < -0.3 is 4.90 Å². The highest BCUT2D eigenvalue weighted by atomic mass is 15.1. The van der Waals surface area contributed by atoms with Crippen LogP contribution >= 0.6 is 0 Å². The molecule has 0 atom stereocenters. The van der Waals surface area contributed by atoms with Crippen LogP contribution in [0.1, 0.15) is 29.5 Å². The second-order valence-corrected chi connectivity index (χ2v) is 5.38. The third-order valence-electron chi connectivity index (χ3n) is 4.08. The number of hydrogen-bond donors (Lipinski definition) is 0. The third kappa shape index (κ3) is 2.40. The summed E-state index contributed by atoms with van der Waals surface area (Å²) in [5.74, 6) is 0. The molecule has 0 bridgehead atoms. The van der Waals surface area contributed by atoms with Gasteiger partial charge in [0, 0.05) is 18.4 Å². The molecule has 0 aliphatic heterocycles. The minimum Gasteiger partial charge on any atom is -0.345 e. The van der Waals surface area contributed by atoms with E-state index in [4.69, 9.17) is 5.26 Å². The van der Waals surface area contributed by atoms with E-state index >= 15 is 0 Å². The number of aryl methyl sites for hydroxylation is 2. The maximum Gasteiger partial charge on any atom is 0.0992 e. The van der Waals surface area contributed by atoms with Crippen LogP contribution < -0.4 is 4.90 Å². The van der Waals surface area contributed by atoms with Crippen molar-refractivity contribution in [2.45, 2.75) is 25.7 Å². The highest BCUT2D eigenvalue weighted by molar-refractivity contribution is 5.65. The van der Waals surface area contributed by atoms with Gasteiger partial charge in [-0.2, -0.15) is 5.26 Å². The van der Waals surface area contributed by atoms with E-state index in [-0.39, 0.29) is 0 Å². The predicted octanol–water partition coefficient (Wildman–Crippen LogP) is 4.20. The van der Waals surface area contributed by atoms with Crippen molar-refractivity contribution in [1.29, 1.82) is 5.26 Å². The van der Waals surface area contributed by atoms with Gasteiger partial charge in [-0.15, -0.1) is 0 Å². The van der Waals surface area contributed by atoms with Crippen molar-refractivity contribution in [2.75, 3.05) is 11.9 Å². The van der Waals surface area contributed by atoms with Crippen molar-refractivity contribution in [3.63, 3.8) is 0 Å². The zero-order chi connectivity index (χ0) is 13.9.